The molecule has 0 fully saturated rings. The number of ether oxygens (including phenoxy) is 1. The highest BCUT2D eigenvalue weighted by Gasteiger charge is 1.99. The fourth-order valence-electron chi connectivity index (χ4n) is 0.863. The Hall–Kier alpha value is -0.700. The fraction of sp³-hybridized carbons (Fsp3) is 0.222. The van der Waals surface area contributed by atoms with Crippen LogP contribution in [0.2, 0.25) is 0 Å². The molecule has 1 rings (SSSR count). The molecule has 0 bridgehead atoms. The molecule has 1 N–H and O–H groups in total. The van der Waals surface area contributed by atoms with Crippen LogP contribution in [0.4, 0.5) is 5.69 Å². The molecule has 0 aliphatic rings. The van der Waals surface area contributed by atoms with Gasteiger partial charge in [0.15, 0.2) is 0 Å². The minimum absolute atomic E-state index is 0.661. The van der Waals surface area contributed by atoms with Gasteiger partial charge < -0.3 is 10.1 Å². The lowest BCUT2D eigenvalue weighted by Crippen LogP contribution is -1.93. The molecule has 0 amide bonds. The Balaban J connectivity index is 2.87. The van der Waals surface area contributed by atoms with Crippen LogP contribution in [0.3, 0.4) is 0 Å². The van der Waals surface area contributed by atoms with Crippen LogP contribution in [-0.2, 0) is 0 Å². The molecular formula is C9H10BrNO. The van der Waals surface area contributed by atoms with Gasteiger partial charge >= 0.3 is 0 Å². The minimum atomic E-state index is 0.661. The quantitative estimate of drug-likeness (QED) is 0.803. The number of halogens is 1. The van der Waals surface area contributed by atoms with Gasteiger partial charge in [-0.2, -0.15) is 0 Å². The Morgan fingerprint density at radius 1 is 1.58 bits per heavy atom. The topological polar surface area (TPSA) is 21.3 Å². The van der Waals surface area contributed by atoms with Crippen LogP contribution in [0.1, 0.15) is 6.92 Å². The highest BCUT2D eigenvalue weighted by Crippen LogP contribution is 2.27. The van der Waals surface area contributed by atoms with Crippen LogP contribution in [0.15, 0.2) is 22.7 Å². The molecule has 0 heterocycles. The summed E-state index contributed by atoms with van der Waals surface area (Å²) >= 11 is 3.37. The molecule has 0 saturated heterocycles. The van der Waals surface area contributed by atoms with E-state index in [1.807, 2.05) is 25.1 Å². The Kier molecular flexibility index (Phi) is 3.41. The first-order valence-electron chi connectivity index (χ1n) is 3.67. The monoisotopic (exact) mass is 227 g/mol. The Morgan fingerprint density at radius 3 is 2.83 bits per heavy atom. The van der Waals surface area contributed by atoms with Crippen LogP contribution < -0.4 is 10.1 Å². The van der Waals surface area contributed by atoms with Gasteiger partial charge in [0.25, 0.3) is 0 Å². The lowest BCUT2D eigenvalue weighted by atomic mass is 10.3. The third-order valence-electron chi connectivity index (χ3n) is 1.40. The fourth-order valence-corrected chi connectivity index (χ4v) is 1.36. The number of nitrogens with one attached hydrogen (secondary N) is 1. The van der Waals surface area contributed by atoms with Crippen molar-refractivity contribution in [3.05, 3.63) is 29.7 Å². The predicted molar refractivity (Wildman–Crippen MR) is 53.2 cm³/mol. The molecule has 1 aromatic carbocycles. The number of hydrogen-bond acceptors (Lipinski definition) is 2. The Morgan fingerprint density at radius 2 is 2.33 bits per heavy atom. The van der Waals surface area contributed by atoms with Gasteiger partial charge in [0, 0.05) is 5.69 Å². The molecule has 64 valence electrons. The van der Waals surface area contributed by atoms with E-state index in [-0.39, 0.29) is 0 Å². The molecule has 2 nitrogen and oxygen atoms in total. The number of rotatable bonds is 3. The van der Waals surface area contributed by atoms with Crippen molar-refractivity contribution in [2.75, 3.05) is 11.9 Å². The molecular weight excluding hydrogens is 218 g/mol. The van der Waals surface area contributed by atoms with Gasteiger partial charge in [-0.05, 0) is 41.1 Å². The lowest BCUT2D eigenvalue weighted by Gasteiger charge is -2.06. The lowest BCUT2D eigenvalue weighted by molar-refractivity contribution is 0.338. The van der Waals surface area contributed by atoms with Gasteiger partial charge in [0.05, 0.1) is 18.1 Å². The van der Waals surface area contributed by atoms with Crippen LogP contribution in [0, 0.1) is 7.05 Å². The first kappa shape index (κ1) is 9.39. The number of anilines is 1. The summed E-state index contributed by atoms with van der Waals surface area (Å²) in [6, 6.07) is 5.59. The van der Waals surface area contributed by atoms with Crippen molar-refractivity contribution in [3.63, 3.8) is 0 Å². The van der Waals surface area contributed by atoms with E-state index >= 15 is 0 Å². The van der Waals surface area contributed by atoms with Crippen LogP contribution in [-0.4, -0.2) is 6.61 Å². The zero-order valence-corrected chi connectivity index (χ0v) is 8.39. The van der Waals surface area contributed by atoms with Crippen molar-refractivity contribution in [2.24, 2.45) is 0 Å². The first-order valence-corrected chi connectivity index (χ1v) is 4.46. The third kappa shape index (κ3) is 2.14. The minimum Gasteiger partial charge on any atom is -0.493 e. The zero-order valence-electron chi connectivity index (χ0n) is 6.80. The maximum atomic E-state index is 5.32. The summed E-state index contributed by atoms with van der Waals surface area (Å²) in [6.07, 6.45) is 0. The first-order chi connectivity index (χ1) is 5.77. The smallest absolute Gasteiger partial charge is 0.133 e. The van der Waals surface area contributed by atoms with Gasteiger partial charge in [-0.25, -0.2) is 0 Å². The van der Waals surface area contributed by atoms with Crippen LogP contribution in [0.25, 0.3) is 0 Å². The van der Waals surface area contributed by atoms with E-state index < -0.39 is 0 Å². The van der Waals surface area contributed by atoms with E-state index in [9.17, 15) is 0 Å². The summed E-state index contributed by atoms with van der Waals surface area (Å²) in [5.41, 5.74) is 0.852. The molecule has 0 unspecified atom stereocenters. The molecule has 0 spiro atoms. The highest BCUT2D eigenvalue weighted by atomic mass is 79.9. The third-order valence-corrected chi connectivity index (χ3v) is 2.02. The summed E-state index contributed by atoms with van der Waals surface area (Å²) in [5.74, 6) is 0.830. The van der Waals surface area contributed by atoms with Crippen molar-refractivity contribution in [1.82, 2.24) is 0 Å². The molecule has 0 aromatic heterocycles. The zero-order chi connectivity index (χ0) is 8.97. The van der Waals surface area contributed by atoms with E-state index in [0.717, 1.165) is 15.9 Å². The van der Waals surface area contributed by atoms with E-state index in [1.54, 1.807) is 0 Å². The molecule has 0 saturated carbocycles. The van der Waals surface area contributed by atoms with Gasteiger partial charge in [-0.15, -0.1) is 0 Å². The molecule has 0 aliphatic heterocycles. The van der Waals surface area contributed by atoms with E-state index in [4.69, 9.17) is 11.8 Å². The van der Waals surface area contributed by atoms with Gasteiger partial charge in [0.2, 0.25) is 0 Å². The van der Waals surface area contributed by atoms with Crippen molar-refractivity contribution >= 4 is 21.6 Å². The maximum Gasteiger partial charge on any atom is 0.133 e. The SMILES string of the molecule is [CH]Nc1ccc(OCC)c(Br)c1. The highest BCUT2D eigenvalue weighted by molar-refractivity contribution is 9.10. The average molecular weight is 228 g/mol. The van der Waals surface area contributed by atoms with Gasteiger partial charge in [-0.1, -0.05) is 0 Å². The number of hydrogen-bond donors (Lipinski definition) is 1. The molecule has 3 heteroatoms. The summed E-state index contributed by atoms with van der Waals surface area (Å²) in [7, 11) is 5.23. The molecule has 2 radical (unpaired) electrons. The summed E-state index contributed by atoms with van der Waals surface area (Å²) in [5, 5.41) is 2.55. The second-order valence-electron chi connectivity index (χ2n) is 2.22. The van der Waals surface area contributed by atoms with Crippen molar-refractivity contribution in [3.8, 4) is 5.75 Å². The molecule has 1 aromatic rings. The van der Waals surface area contributed by atoms with Gasteiger partial charge in [0.1, 0.15) is 5.75 Å². The molecule has 12 heavy (non-hydrogen) atoms. The average Bonchev–Trinajstić information content (AvgIpc) is 2.09. The second kappa shape index (κ2) is 4.36. The van der Waals surface area contributed by atoms with E-state index in [2.05, 4.69) is 21.2 Å². The summed E-state index contributed by atoms with van der Waals surface area (Å²) in [4.78, 5) is 0. The van der Waals surface area contributed by atoms with Crippen LogP contribution >= 0.6 is 15.9 Å². The van der Waals surface area contributed by atoms with Crippen molar-refractivity contribution < 1.29 is 4.74 Å². The van der Waals surface area contributed by atoms with Crippen LogP contribution in [0.5, 0.6) is 5.75 Å². The second-order valence-corrected chi connectivity index (χ2v) is 3.08. The van der Waals surface area contributed by atoms with Crippen molar-refractivity contribution in [1.29, 1.82) is 0 Å². The Labute approximate surface area is 81.1 Å². The standard InChI is InChI=1S/C9H10BrNO/c1-3-12-9-5-4-7(11-2)6-8(9)10/h2,4-6,11H,3H2,1H3. The normalized spacial score (nSPS) is 9.58. The summed E-state index contributed by atoms with van der Waals surface area (Å²) in [6.45, 7) is 2.61. The largest absolute Gasteiger partial charge is 0.493 e. The maximum absolute atomic E-state index is 5.32. The predicted octanol–water partition coefficient (Wildman–Crippen LogP) is 2.93. The number of benzene rings is 1. The summed E-state index contributed by atoms with van der Waals surface area (Å²) < 4.78 is 6.22. The van der Waals surface area contributed by atoms with Gasteiger partial charge in [-0.3, -0.25) is 0 Å². The molecule has 0 aliphatic carbocycles. The van der Waals surface area contributed by atoms with Crippen molar-refractivity contribution in [2.45, 2.75) is 6.92 Å². The Bertz CT molecular complexity index is 263. The molecule has 0 atom stereocenters. The van der Waals surface area contributed by atoms with E-state index in [0.29, 0.717) is 6.61 Å². The van der Waals surface area contributed by atoms with E-state index in [1.165, 1.54) is 0 Å².